The predicted molar refractivity (Wildman–Crippen MR) is 125 cm³/mol. The van der Waals surface area contributed by atoms with E-state index >= 15 is 0 Å². The summed E-state index contributed by atoms with van der Waals surface area (Å²) < 4.78 is 11.2. The zero-order valence-electron chi connectivity index (χ0n) is 19.2. The van der Waals surface area contributed by atoms with E-state index < -0.39 is 0 Å². The van der Waals surface area contributed by atoms with Gasteiger partial charge in [0, 0.05) is 35.8 Å². The van der Waals surface area contributed by atoms with Crippen molar-refractivity contribution in [2.24, 2.45) is 0 Å². The largest absolute Gasteiger partial charge is 0.493 e. The van der Waals surface area contributed by atoms with E-state index in [2.05, 4.69) is 23.1 Å². The van der Waals surface area contributed by atoms with Crippen LogP contribution in [0.5, 0.6) is 11.5 Å². The number of benzene rings is 2. The van der Waals surface area contributed by atoms with Gasteiger partial charge in [0.1, 0.15) is 0 Å². The number of aliphatic hydroxyl groups excluding tert-OH is 1. The van der Waals surface area contributed by atoms with E-state index in [0.717, 1.165) is 59.5 Å². The van der Waals surface area contributed by atoms with E-state index in [1.54, 1.807) is 14.2 Å². The highest BCUT2D eigenvalue weighted by Crippen LogP contribution is 2.51. The molecule has 5 heteroatoms. The van der Waals surface area contributed by atoms with Crippen LogP contribution < -0.4 is 14.4 Å². The second kappa shape index (κ2) is 8.28. The smallest absolute Gasteiger partial charge is 0.163 e. The van der Waals surface area contributed by atoms with E-state index in [0.29, 0.717) is 18.7 Å². The first-order chi connectivity index (χ1) is 15.6. The van der Waals surface area contributed by atoms with Crippen LogP contribution in [0, 0.1) is 6.92 Å². The SMILES string of the molecule is COc1cc(C2C3=C(CCCC3=O)N(CCO)c3cc4c(cc32)CCC4)cc(C)c1OC. The molecule has 0 amide bonds. The summed E-state index contributed by atoms with van der Waals surface area (Å²) in [4.78, 5) is 15.6. The van der Waals surface area contributed by atoms with Gasteiger partial charge in [-0.1, -0.05) is 12.1 Å². The molecule has 1 heterocycles. The zero-order chi connectivity index (χ0) is 22.4. The van der Waals surface area contributed by atoms with E-state index in [9.17, 15) is 9.90 Å². The summed E-state index contributed by atoms with van der Waals surface area (Å²) in [6.07, 6.45) is 5.65. The number of nitrogens with zero attached hydrogens (tertiary/aromatic N) is 1. The number of β-amino-alcohol motifs (C(OH)–C–C–N with tert-alkyl or cyclic N) is 1. The van der Waals surface area contributed by atoms with Gasteiger partial charge < -0.3 is 19.5 Å². The van der Waals surface area contributed by atoms with Crippen molar-refractivity contribution in [1.82, 2.24) is 0 Å². The van der Waals surface area contributed by atoms with Crippen LogP contribution in [0.25, 0.3) is 0 Å². The van der Waals surface area contributed by atoms with Gasteiger partial charge >= 0.3 is 0 Å². The number of hydrogen-bond acceptors (Lipinski definition) is 5. The molecule has 32 heavy (non-hydrogen) atoms. The molecule has 1 N–H and O–H groups in total. The molecular weight excluding hydrogens is 402 g/mol. The van der Waals surface area contributed by atoms with Crippen LogP contribution in [0.2, 0.25) is 0 Å². The molecule has 5 nitrogen and oxygen atoms in total. The molecule has 0 radical (unpaired) electrons. The molecule has 5 rings (SSSR count). The van der Waals surface area contributed by atoms with Crippen LogP contribution >= 0.6 is 0 Å². The quantitative estimate of drug-likeness (QED) is 0.755. The van der Waals surface area contributed by atoms with Gasteiger partial charge in [-0.15, -0.1) is 0 Å². The van der Waals surface area contributed by atoms with Gasteiger partial charge in [-0.2, -0.15) is 0 Å². The lowest BCUT2D eigenvalue weighted by molar-refractivity contribution is -0.116. The van der Waals surface area contributed by atoms with E-state index in [1.165, 1.54) is 23.1 Å². The van der Waals surface area contributed by atoms with Crippen LogP contribution in [-0.2, 0) is 17.6 Å². The number of aliphatic hydroxyl groups is 1. The van der Waals surface area contributed by atoms with Crippen molar-refractivity contribution in [3.63, 3.8) is 0 Å². The summed E-state index contributed by atoms with van der Waals surface area (Å²) in [5.74, 6) is 1.51. The molecule has 1 unspecified atom stereocenters. The third-order valence-electron chi connectivity index (χ3n) is 7.23. The van der Waals surface area contributed by atoms with Crippen LogP contribution in [0.3, 0.4) is 0 Å². The average Bonchev–Trinajstić information content (AvgIpc) is 3.25. The summed E-state index contributed by atoms with van der Waals surface area (Å²) in [5.41, 5.74) is 9.13. The molecule has 0 fully saturated rings. The first kappa shape index (κ1) is 21.1. The molecule has 1 atom stereocenters. The lowest BCUT2D eigenvalue weighted by Crippen LogP contribution is -2.37. The average molecular weight is 434 g/mol. The maximum Gasteiger partial charge on any atom is 0.163 e. The molecule has 0 saturated carbocycles. The topological polar surface area (TPSA) is 59.0 Å². The monoisotopic (exact) mass is 433 g/mol. The van der Waals surface area contributed by atoms with Crippen LogP contribution in [0.4, 0.5) is 5.69 Å². The Morgan fingerprint density at radius 2 is 1.75 bits per heavy atom. The lowest BCUT2D eigenvalue weighted by atomic mass is 9.74. The van der Waals surface area contributed by atoms with Crippen LogP contribution in [-0.4, -0.2) is 38.3 Å². The first-order valence-corrected chi connectivity index (χ1v) is 11.6. The number of carbonyl (C=O) groups is 1. The van der Waals surface area contributed by atoms with E-state index in [4.69, 9.17) is 9.47 Å². The van der Waals surface area contributed by atoms with Gasteiger partial charge in [-0.05, 0) is 79.0 Å². The molecule has 0 bridgehead atoms. The molecular formula is C27H31NO4. The maximum atomic E-state index is 13.4. The van der Waals surface area contributed by atoms with Gasteiger partial charge in [0.05, 0.1) is 20.8 Å². The highest BCUT2D eigenvalue weighted by atomic mass is 16.5. The second-order valence-corrected chi connectivity index (χ2v) is 9.05. The molecule has 3 aliphatic rings. The molecule has 168 valence electrons. The van der Waals surface area contributed by atoms with Crippen molar-refractivity contribution in [3.05, 3.63) is 63.4 Å². The van der Waals surface area contributed by atoms with Gasteiger partial charge in [0.15, 0.2) is 17.3 Å². The Bertz CT molecular complexity index is 1120. The summed E-state index contributed by atoms with van der Waals surface area (Å²) >= 11 is 0. The number of fused-ring (bicyclic) bond motifs is 2. The number of Topliss-reactive ketones (excluding diaryl/α,β-unsaturated/α-hetero) is 1. The molecule has 2 aromatic carbocycles. The van der Waals surface area contributed by atoms with Gasteiger partial charge in [0.2, 0.25) is 0 Å². The standard InChI is InChI=1S/C27H31NO4/c1-16-12-19(15-24(31-2)27(16)32-3)25-20-13-17-6-4-7-18(17)14-22(20)28(10-11-29)21-8-5-9-23(30)26(21)25/h12-15,25,29H,4-11H2,1-3H3. The summed E-state index contributed by atoms with van der Waals surface area (Å²) in [6, 6.07) is 8.81. The fourth-order valence-corrected chi connectivity index (χ4v) is 5.90. The molecule has 2 aromatic rings. The van der Waals surface area contributed by atoms with E-state index in [1.807, 2.05) is 13.0 Å². The van der Waals surface area contributed by atoms with Crippen molar-refractivity contribution in [3.8, 4) is 11.5 Å². The summed E-state index contributed by atoms with van der Waals surface area (Å²) in [5, 5.41) is 9.86. The fraction of sp³-hybridized carbons (Fsp3) is 0.444. The number of hydrogen-bond donors (Lipinski definition) is 1. The maximum absolute atomic E-state index is 13.4. The van der Waals surface area contributed by atoms with Crippen molar-refractivity contribution in [2.45, 2.75) is 51.4 Å². The normalized spacial score (nSPS) is 19.6. The third-order valence-corrected chi connectivity index (χ3v) is 7.23. The summed E-state index contributed by atoms with van der Waals surface area (Å²) in [6.45, 7) is 2.59. The van der Waals surface area contributed by atoms with Gasteiger partial charge in [-0.3, -0.25) is 4.79 Å². The molecule has 1 aliphatic heterocycles. The fourth-order valence-electron chi connectivity index (χ4n) is 5.90. The highest BCUT2D eigenvalue weighted by Gasteiger charge is 2.39. The molecule has 0 spiro atoms. The third kappa shape index (κ3) is 3.22. The first-order valence-electron chi connectivity index (χ1n) is 11.6. The number of ether oxygens (including phenoxy) is 2. The predicted octanol–water partition coefficient (Wildman–Crippen LogP) is 4.45. The Balaban J connectivity index is 1.78. The Hall–Kier alpha value is -2.79. The minimum absolute atomic E-state index is 0.0572. The Kier molecular flexibility index (Phi) is 5.46. The number of allylic oxidation sites excluding steroid dienone is 2. The number of aryl methyl sites for hydroxylation is 3. The second-order valence-electron chi connectivity index (χ2n) is 9.05. The van der Waals surface area contributed by atoms with Crippen LogP contribution in [0.15, 0.2) is 35.5 Å². The Morgan fingerprint density at radius 3 is 2.47 bits per heavy atom. The number of anilines is 1. The van der Waals surface area contributed by atoms with Crippen molar-refractivity contribution >= 4 is 11.5 Å². The number of rotatable bonds is 5. The van der Waals surface area contributed by atoms with Gasteiger partial charge in [0.25, 0.3) is 0 Å². The molecule has 0 aromatic heterocycles. The highest BCUT2D eigenvalue weighted by molar-refractivity contribution is 6.01. The van der Waals surface area contributed by atoms with Gasteiger partial charge in [-0.25, -0.2) is 0 Å². The van der Waals surface area contributed by atoms with Crippen molar-refractivity contribution in [2.75, 3.05) is 32.3 Å². The summed E-state index contributed by atoms with van der Waals surface area (Å²) in [7, 11) is 3.31. The molecule has 2 aliphatic carbocycles. The van der Waals surface area contributed by atoms with Crippen molar-refractivity contribution < 1.29 is 19.4 Å². The molecule has 0 saturated heterocycles. The minimum Gasteiger partial charge on any atom is -0.493 e. The minimum atomic E-state index is -0.132. The Morgan fingerprint density at radius 1 is 1.00 bits per heavy atom. The van der Waals surface area contributed by atoms with E-state index in [-0.39, 0.29) is 18.3 Å². The number of carbonyl (C=O) groups excluding carboxylic acids is 1. The van der Waals surface area contributed by atoms with Crippen LogP contribution in [0.1, 0.15) is 59.4 Å². The number of methoxy groups -OCH3 is 2. The number of ketones is 1. The Labute approximate surface area is 189 Å². The lowest BCUT2D eigenvalue weighted by Gasteiger charge is -2.41. The van der Waals surface area contributed by atoms with Crippen molar-refractivity contribution in [1.29, 1.82) is 0 Å². The zero-order valence-corrected chi connectivity index (χ0v) is 19.2.